The van der Waals surface area contributed by atoms with E-state index in [1.165, 1.54) is 41.7 Å². The Kier molecular flexibility index (Phi) is 7.89. The van der Waals surface area contributed by atoms with Crippen LogP contribution in [-0.2, 0) is 14.8 Å². The van der Waals surface area contributed by atoms with E-state index in [9.17, 15) is 18.0 Å². The molecule has 3 rings (SSSR count). The van der Waals surface area contributed by atoms with Gasteiger partial charge in [0, 0.05) is 5.02 Å². The number of ether oxygens (including phenoxy) is 1. The maximum atomic E-state index is 13.3. The largest absolute Gasteiger partial charge is 0.454 e. The van der Waals surface area contributed by atoms with E-state index in [-0.39, 0.29) is 22.8 Å². The van der Waals surface area contributed by atoms with E-state index in [4.69, 9.17) is 16.3 Å². The van der Waals surface area contributed by atoms with Crippen molar-refractivity contribution in [1.29, 1.82) is 0 Å². The fraction of sp³-hybridized carbons (Fsp3) is 0.0909. The predicted molar refractivity (Wildman–Crippen MR) is 129 cm³/mol. The van der Waals surface area contributed by atoms with E-state index in [1.54, 1.807) is 36.4 Å². The van der Waals surface area contributed by atoms with Gasteiger partial charge < -0.3 is 4.74 Å². The highest BCUT2D eigenvalue weighted by atomic mass is 79.9. The Morgan fingerprint density at radius 2 is 1.84 bits per heavy atom. The second-order valence-electron chi connectivity index (χ2n) is 6.43. The Hall–Kier alpha value is -2.46. The van der Waals surface area contributed by atoms with Crippen molar-refractivity contribution in [2.24, 2.45) is 0 Å². The summed E-state index contributed by atoms with van der Waals surface area (Å²) in [5, 5.41) is 0.471. The molecule has 0 N–H and O–H groups in total. The van der Waals surface area contributed by atoms with Crippen molar-refractivity contribution < 1.29 is 22.7 Å². The van der Waals surface area contributed by atoms with Crippen LogP contribution in [0.5, 0.6) is 0 Å². The number of anilines is 1. The molecule has 0 aliphatic heterocycles. The van der Waals surface area contributed by atoms with Crippen LogP contribution in [0.15, 0.2) is 82.0 Å². The number of benzene rings is 2. The zero-order valence-electron chi connectivity index (χ0n) is 16.5. The summed E-state index contributed by atoms with van der Waals surface area (Å²) >= 11 is 10.4. The van der Waals surface area contributed by atoms with Crippen molar-refractivity contribution in [3.63, 3.8) is 0 Å². The molecule has 0 aliphatic rings. The molecule has 32 heavy (non-hydrogen) atoms. The smallest absolute Gasteiger partial charge is 0.338 e. The van der Waals surface area contributed by atoms with Gasteiger partial charge in [0.25, 0.3) is 10.0 Å². The van der Waals surface area contributed by atoms with Gasteiger partial charge in [-0.3, -0.25) is 9.10 Å². The molecule has 0 aliphatic carbocycles. The topological polar surface area (TPSA) is 80.8 Å². The highest BCUT2D eigenvalue weighted by Gasteiger charge is 2.25. The average Bonchev–Trinajstić information content (AvgIpc) is 3.22. The van der Waals surface area contributed by atoms with E-state index >= 15 is 0 Å². The first kappa shape index (κ1) is 24.2. The van der Waals surface area contributed by atoms with E-state index in [2.05, 4.69) is 22.5 Å². The molecular weight excluding hydrogens is 538 g/mol. The minimum atomic E-state index is -4.02. The van der Waals surface area contributed by atoms with Crippen molar-refractivity contribution in [3.8, 4) is 0 Å². The minimum Gasteiger partial charge on any atom is -0.454 e. The number of Topliss-reactive ketones (excluding diaryl/α,β-unsaturated/α-hetero) is 1. The molecule has 1 aromatic heterocycles. The fourth-order valence-corrected chi connectivity index (χ4v) is 5.65. The van der Waals surface area contributed by atoms with E-state index in [0.29, 0.717) is 15.6 Å². The van der Waals surface area contributed by atoms with Gasteiger partial charge in [-0.25, -0.2) is 13.2 Å². The number of carbonyl (C=O) groups is 2. The maximum absolute atomic E-state index is 13.3. The lowest BCUT2D eigenvalue weighted by Gasteiger charge is -2.23. The molecule has 0 amide bonds. The molecule has 0 bridgehead atoms. The van der Waals surface area contributed by atoms with Crippen LogP contribution in [-0.4, -0.2) is 33.3 Å². The maximum Gasteiger partial charge on any atom is 0.338 e. The highest BCUT2D eigenvalue weighted by Crippen LogP contribution is 2.26. The number of thiophene rings is 1. The monoisotopic (exact) mass is 553 g/mol. The molecule has 0 atom stereocenters. The van der Waals surface area contributed by atoms with Crippen LogP contribution in [0, 0.1) is 0 Å². The predicted octanol–water partition coefficient (Wildman–Crippen LogP) is 5.59. The van der Waals surface area contributed by atoms with E-state index in [0.717, 1.165) is 8.09 Å². The summed E-state index contributed by atoms with van der Waals surface area (Å²) < 4.78 is 33.6. The number of halogens is 2. The molecule has 166 valence electrons. The number of hydrogen-bond donors (Lipinski definition) is 0. The summed E-state index contributed by atoms with van der Waals surface area (Å²) in [6.45, 7) is 3.19. The van der Waals surface area contributed by atoms with E-state index in [1.807, 2.05) is 0 Å². The standard InChI is InChI=1S/C22H17BrClNO5S2/c1-2-12-25(17-8-6-16(24)7-9-17)32(28,29)18-5-3-4-15(13-18)22(27)30-14-19(26)20-10-11-21(23)31-20/h2-11,13H,1,12,14H2. The van der Waals surface area contributed by atoms with Crippen molar-refractivity contribution in [1.82, 2.24) is 0 Å². The number of esters is 1. The molecule has 0 fully saturated rings. The van der Waals surface area contributed by atoms with Gasteiger partial charge in [-0.2, -0.15) is 0 Å². The van der Waals surface area contributed by atoms with Gasteiger partial charge in [0.1, 0.15) is 0 Å². The molecular formula is C22H17BrClNO5S2. The lowest BCUT2D eigenvalue weighted by Crippen LogP contribution is -2.31. The van der Waals surface area contributed by atoms with Gasteiger partial charge in [-0.15, -0.1) is 17.9 Å². The van der Waals surface area contributed by atoms with Crippen molar-refractivity contribution in [3.05, 3.63) is 92.6 Å². The van der Waals surface area contributed by atoms with Crippen LogP contribution >= 0.6 is 38.9 Å². The number of carbonyl (C=O) groups excluding carboxylic acids is 2. The highest BCUT2D eigenvalue weighted by molar-refractivity contribution is 9.11. The number of sulfonamides is 1. The molecule has 6 nitrogen and oxygen atoms in total. The molecule has 1 heterocycles. The van der Waals surface area contributed by atoms with Crippen LogP contribution < -0.4 is 4.31 Å². The number of nitrogens with zero attached hydrogens (tertiary/aromatic N) is 1. The van der Waals surface area contributed by atoms with Gasteiger partial charge in [-0.05, 0) is 70.5 Å². The second kappa shape index (κ2) is 10.4. The van der Waals surface area contributed by atoms with Gasteiger partial charge in [0.2, 0.25) is 5.78 Å². The number of rotatable bonds is 9. The van der Waals surface area contributed by atoms with Crippen LogP contribution in [0.1, 0.15) is 20.0 Å². The summed E-state index contributed by atoms with van der Waals surface area (Å²) in [5.41, 5.74) is 0.413. The summed E-state index contributed by atoms with van der Waals surface area (Å²) in [7, 11) is -4.02. The quantitative estimate of drug-likeness (QED) is 0.196. The average molecular weight is 555 g/mol. The Morgan fingerprint density at radius 3 is 2.47 bits per heavy atom. The SMILES string of the molecule is C=CCN(c1ccc(Cl)cc1)S(=O)(=O)c1cccc(C(=O)OCC(=O)c2ccc(Br)s2)c1. The second-order valence-corrected chi connectivity index (χ2v) is 11.2. The molecule has 3 aromatic rings. The third-order valence-corrected chi connectivity index (χ3v) is 7.96. The normalized spacial score (nSPS) is 11.1. The van der Waals surface area contributed by atoms with Gasteiger partial charge >= 0.3 is 5.97 Å². The first-order valence-electron chi connectivity index (χ1n) is 9.17. The lowest BCUT2D eigenvalue weighted by atomic mass is 10.2. The van der Waals surface area contributed by atoms with Gasteiger partial charge in [-0.1, -0.05) is 23.7 Å². The van der Waals surface area contributed by atoms with Crippen molar-refractivity contribution in [2.45, 2.75) is 4.90 Å². The lowest BCUT2D eigenvalue weighted by molar-refractivity contribution is 0.0475. The summed E-state index contributed by atoms with van der Waals surface area (Å²) in [5.74, 6) is -1.15. The molecule has 2 aromatic carbocycles. The first-order valence-corrected chi connectivity index (χ1v) is 12.6. The Balaban J connectivity index is 1.81. The molecule has 0 saturated carbocycles. The third-order valence-electron chi connectivity index (χ3n) is 4.25. The summed E-state index contributed by atoms with van der Waals surface area (Å²) in [4.78, 5) is 24.9. The van der Waals surface area contributed by atoms with Crippen molar-refractivity contribution in [2.75, 3.05) is 17.5 Å². The number of ketones is 1. The van der Waals surface area contributed by atoms with Crippen LogP contribution in [0.4, 0.5) is 5.69 Å². The van der Waals surface area contributed by atoms with Gasteiger partial charge in [0.05, 0.1) is 31.4 Å². The molecule has 0 unspecified atom stereocenters. The zero-order valence-corrected chi connectivity index (χ0v) is 20.5. The first-order chi connectivity index (χ1) is 15.2. The molecule has 0 radical (unpaired) electrons. The Bertz CT molecular complexity index is 1260. The Morgan fingerprint density at radius 1 is 1.12 bits per heavy atom. The van der Waals surface area contributed by atoms with Crippen LogP contribution in [0.25, 0.3) is 0 Å². The summed E-state index contributed by atoms with van der Waals surface area (Å²) in [6.07, 6.45) is 1.46. The minimum absolute atomic E-state index is 0.0147. The van der Waals surface area contributed by atoms with Crippen LogP contribution in [0.2, 0.25) is 5.02 Å². The molecule has 0 spiro atoms. The molecule has 10 heteroatoms. The van der Waals surface area contributed by atoms with Crippen molar-refractivity contribution >= 4 is 66.3 Å². The molecule has 0 saturated heterocycles. The zero-order chi connectivity index (χ0) is 23.3. The Labute approximate surface area is 203 Å². The summed E-state index contributed by atoms with van der Waals surface area (Å²) in [6, 6.07) is 15.1. The third kappa shape index (κ3) is 5.66. The fourth-order valence-electron chi connectivity index (χ4n) is 2.73. The van der Waals surface area contributed by atoms with Crippen LogP contribution in [0.3, 0.4) is 0 Å². The van der Waals surface area contributed by atoms with Gasteiger partial charge in [0.15, 0.2) is 6.61 Å². The number of hydrogen-bond acceptors (Lipinski definition) is 6. The van der Waals surface area contributed by atoms with E-state index < -0.39 is 22.6 Å².